The standard InChI is InChI=1S/C29H42FN/c1-2-23-10-12-24(13-11-23)6-3-4-7-25-14-18-27(19-15-25)28-20-16-26(17-21-28)8-5-9-29(30)22-31/h9-13,25-28H,2-8,14-21H2,1H3. The second kappa shape index (κ2) is 13.0. The number of rotatable bonds is 10. The van der Waals surface area contributed by atoms with E-state index in [2.05, 4.69) is 31.2 Å². The summed E-state index contributed by atoms with van der Waals surface area (Å²) in [4.78, 5) is 0. The summed E-state index contributed by atoms with van der Waals surface area (Å²) in [6, 6.07) is 10.8. The summed E-state index contributed by atoms with van der Waals surface area (Å²) < 4.78 is 12.9. The van der Waals surface area contributed by atoms with Gasteiger partial charge in [0.2, 0.25) is 0 Å². The van der Waals surface area contributed by atoms with Gasteiger partial charge >= 0.3 is 0 Å². The normalized spacial score (nSPS) is 27.1. The molecule has 31 heavy (non-hydrogen) atoms. The van der Waals surface area contributed by atoms with Gasteiger partial charge in [0.15, 0.2) is 5.83 Å². The quantitative estimate of drug-likeness (QED) is 0.272. The molecular weight excluding hydrogens is 381 g/mol. The van der Waals surface area contributed by atoms with Gasteiger partial charge in [0.25, 0.3) is 0 Å². The summed E-state index contributed by atoms with van der Waals surface area (Å²) in [7, 11) is 0. The van der Waals surface area contributed by atoms with Gasteiger partial charge in [-0.1, -0.05) is 69.7 Å². The average molecular weight is 424 g/mol. The van der Waals surface area contributed by atoms with Crippen molar-refractivity contribution in [3.05, 3.63) is 47.3 Å². The molecule has 1 aromatic carbocycles. The summed E-state index contributed by atoms with van der Waals surface area (Å²) in [5, 5.41) is 8.50. The van der Waals surface area contributed by atoms with Crippen molar-refractivity contribution in [1.29, 1.82) is 5.26 Å². The molecule has 0 radical (unpaired) electrons. The fourth-order valence-corrected chi connectivity index (χ4v) is 6.09. The van der Waals surface area contributed by atoms with Gasteiger partial charge in [-0.15, -0.1) is 0 Å². The smallest absolute Gasteiger partial charge is 0.195 e. The first-order valence-corrected chi connectivity index (χ1v) is 13.0. The fraction of sp³-hybridized carbons (Fsp3) is 0.690. The number of nitriles is 1. The van der Waals surface area contributed by atoms with Crippen molar-refractivity contribution < 1.29 is 4.39 Å². The molecule has 2 fully saturated rings. The maximum absolute atomic E-state index is 12.9. The molecule has 0 N–H and O–H groups in total. The second-order valence-electron chi connectivity index (χ2n) is 10.2. The minimum Gasteiger partial charge on any atom is -0.195 e. The van der Waals surface area contributed by atoms with E-state index < -0.39 is 5.83 Å². The predicted octanol–water partition coefficient (Wildman–Crippen LogP) is 8.73. The molecule has 0 spiro atoms. The minimum atomic E-state index is -0.615. The first kappa shape index (κ1) is 24.0. The first-order valence-electron chi connectivity index (χ1n) is 13.0. The van der Waals surface area contributed by atoms with Crippen LogP contribution in [0, 0.1) is 35.0 Å². The lowest BCUT2D eigenvalue weighted by atomic mass is 9.68. The molecule has 0 saturated heterocycles. The van der Waals surface area contributed by atoms with Crippen molar-refractivity contribution in [2.24, 2.45) is 23.7 Å². The number of halogens is 1. The molecule has 2 aliphatic rings. The Morgan fingerprint density at radius 3 is 1.97 bits per heavy atom. The van der Waals surface area contributed by atoms with Gasteiger partial charge in [-0.2, -0.15) is 9.65 Å². The van der Waals surface area contributed by atoms with Gasteiger partial charge in [-0.25, -0.2) is 0 Å². The van der Waals surface area contributed by atoms with E-state index in [1.807, 2.05) is 0 Å². The predicted molar refractivity (Wildman–Crippen MR) is 128 cm³/mol. The zero-order valence-corrected chi connectivity index (χ0v) is 19.6. The van der Waals surface area contributed by atoms with Crippen LogP contribution in [-0.4, -0.2) is 0 Å². The van der Waals surface area contributed by atoms with Gasteiger partial charge in [-0.05, 0) is 98.7 Å². The van der Waals surface area contributed by atoms with Crippen LogP contribution in [0.15, 0.2) is 36.2 Å². The zero-order valence-electron chi connectivity index (χ0n) is 19.6. The van der Waals surface area contributed by atoms with E-state index in [9.17, 15) is 4.39 Å². The highest BCUT2D eigenvalue weighted by Gasteiger charge is 2.30. The van der Waals surface area contributed by atoms with Crippen LogP contribution < -0.4 is 0 Å². The molecule has 170 valence electrons. The van der Waals surface area contributed by atoms with Gasteiger partial charge in [0.1, 0.15) is 6.07 Å². The highest BCUT2D eigenvalue weighted by atomic mass is 19.1. The van der Waals surface area contributed by atoms with E-state index in [1.54, 1.807) is 6.07 Å². The summed E-state index contributed by atoms with van der Waals surface area (Å²) >= 11 is 0. The van der Waals surface area contributed by atoms with Crippen molar-refractivity contribution in [3.63, 3.8) is 0 Å². The molecular formula is C29H42FN. The van der Waals surface area contributed by atoms with Crippen LogP contribution in [0.1, 0.15) is 102 Å². The molecule has 0 unspecified atom stereocenters. The molecule has 3 rings (SSSR count). The number of unbranched alkanes of at least 4 members (excludes halogenated alkanes) is 1. The number of allylic oxidation sites excluding steroid dienone is 2. The lowest BCUT2D eigenvalue weighted by Gasteiger charge is -2.38. The van der Waals surface area contributed by atoms with Gasteiger partial charge in [-0.3, -0.25) is 0 Å². The Bertz CT molecular complexity index is 697. The van der Waals surface area contributed by atoms with Crippen molar-refractivity contribution in [1.82, 2.24) is 0 Å². The largest absolute Gasteiger partial charge is 0.196 e. The highest BCUT2D eigenvalue weighted by molar-refractivity contribution is 5.22. The zero-order chi connectivity index (χ0) is 21.9. The van der Waals surface area contributed by atoms with Gasteiger partial charge in [0.05, 0.1) is 0 Å². The van der Waals surface area contributed by atoms with Crippen LogP contribution in [-0.2, 0) is 12.8 Å². The molecule has 0 heterocycles. The number of hydrogen-bond donors (Lipinski definition) is 0. The van der Waals surface area contributed by atoms with E-state index in [0.717, 1.165) is 42.9 Å². The summed E-state index contributed by atoms with van der Waals surface area (Å²) in [5.74, 6) is 3.00. The SMILES string of the molecule is CCc1ccc(CCCCC2CCC(C3CCC(CCC=C(F)C#N)CC3)CC2)cc1. The molecule has 2 saturated carbocycles. The number of benzene rings is 1. The molecule has 0 amide bonds. The Kier molecular flexibility index (Phi) is 10.1. The third-order valence-electron chi connectivity index (χ3n) is 8.21. The summed E-state index contributed by atoms with van der Waals surface area (Å²) in [6.07, 6.45) is 21.0. The Morgan fingerprint density at radius 2 is 1.42 bits per heavy atom. The van der Waals surface area contributed by atoms with Crippen LogP contribution >= 0.6 is 0 Å². The van der Waals surface area contributed by atoms with E-state index in [-0.39, 0.29) is 0 Å². The highest BCUT2D eigenvalue weighted by Crippen LogP contribution is 2.43. The monoisotopic (exact) mass is 423 g/mol. The Balaban J connectivity index is 1.26. The second-order valence-corrected chi connectivity index (χ2v) is 10.2. The maximum atomic E-state index is 12.9. The molecule has 1 aromatic rings. The van der Waals surface area contributed by atoms with Crippen LogP contribution in [0.25, 0.3) is 0 Å². The molecule has 0 aliphatic heterocycles. The Labute approximate surface area is 190 Å². The van der Waals surface area contributed by atoms with Crippen molar-refractivity contribution in [2.75, 3.05) is 0 Å². The number of hydrogen-bond acceptors (Lipinski definition) is 1. The van der Waals surface area contributed by atoms with E-state index in [0.29, 0.717) is 0 Å². The number of aryl methyl sites for hydroxylation is 2. The molecule has 1 nitrogen and oxygen atoms in total. The Morgan fingerprint density at radius 1 is 0.871 bits per heavy atom. The lowest BCUT2D eigenvalue weighted by molar-refractivity contribution is 0.140. The van der Waals surface area contributed by atoms with Crippen molar-refractivity contribution in [2.45, 2.75) is 103 Å². The van der Waals surface area contributed by atoms with E-state index in [4.69, 9.17) is 5.26 Å². The summed E-state index contributed by atoms with van der Waals surface area (Å²) in [5.41, 5.74) is 2.94. The lowest BCUT2D eigenvalue weighted by Crippen LogP contribution is -2.25. The topological polar surface area (TPSA) is 23.8 Å². The molecule has 2 aliphatic carbocycles. The van der Waals surface area contributed by atoms with Crippen LogP contribution in [0.2, 0.25) is 0 Å². The van der Waals surface area contributed by atoms with Crippen molar-refractivity contribution >= 4 is 0 Å². The van der Waals surface area contributed by atoms with Crippen LogP contribution in [0.3, 0.4) is 0 Å². The minimum absolute atomic E-state index is 0.615. The first-order chi connectivity index (χ1) is 15.2. The van der Waals surface area contributed by atoms with Crippen molar-refractivity contribution in [3.8, 4) is 6.07 Å². The van der Waals surface area contributed by atoms with Gasteiger partial charge < -0.3 is 0 Å². The molecule has 2 heteroatoms. The third-order valence-corrected chi connectivity index (χ3v) is 8.21. The fourth-order valence-electron chi connectivity index (χ4n) is 6.09. The van der Waals surface area contributed by atoms with E-state index >= 15 is 0 Å². The summed E-state index contributed by atoms with van der Waals surface area (Å²) in [6.45, 7) is 2.22. The number of nitrogens with zero attached hydrogens (tertiary/aromatic N) is 1. The van der Waals surface area contributed by atoms with Crippen LogP contribution in [0.5, 0.6) is 0 Å². The molecule has 0 atom stereocenters. The van der Waals surface area contributed by atoms with E-state index in [1.165, 1.54) is 94.3 Å². The maximum Gasteiger partial charge on any atom is 0.196 e. The van der Waals surface area contributed by atoms with Crippen LogP contribution in [0.4, 0.5) is 4.39 Å². The third kappa shape index (κ3) is 8.10. The van der Waals surface area contributed by atoms with Gasteiger partial charge in [0, 0.05) is 0 Å². The molecule has 0 bridgehead atoms. The average Bonchev–Trinajstić information content (AvgIpc) is 2.83. The molecule has 0 aromatic heterocycles. The Hall–Kier alpha value is -1.62.